The fraction of sp³-hybridized carbons (Fsp3) is 0.0500. The van der Waals surface area contributed by atoms with Crippen molar-refractivity contribution in [1.29, 1.82) is 0 Å². The molecule has 3 rings (SSSR count). The Morgan fingerprint density at radius 3 is 2.16 bits per heavy atom. The Hall–Kier alpha value is -2.98. The molecule has 1 amide bonds. The van der Waals surface area contributed by atoms with Gasteiger partial charge >= 0.3 is 0 Å². The highest BCUT2D eigenvalue weighted by Crippen LogP contribution is 2.29. The van der Waals surface area contributed by atoms with Crippen LogP contribution in [0.25, 0.3) is 0 Å². The molecule has 0 aliphatic carbocycles. The van der Waals surface area contributed by atoms with Gasteiger partial charge < -0.3 is 15.4 Å². The van der Waals surface area contributed by atoms with Crippen molar-refractivity contribution in [3.63, 3.8) is 0 Å². The highest BCUT2D eigenvalue weighted by Gasteiger charge is 2.13. The fourth-order valence-corrected chi connectivity index (χ4v) is 2.62. The molecule has 0 spiro atoms. The predicted octanol–water partition coefficient (Wildman–Crippen LogP) is 5.34. The maximum atomic E-state index is 12.7. The van der Waals surface area contributed by atoms with E-state index in [9.17, 15) is 4.79 Å². The summed E-state index contributed by atoms with van der Waals surface area (Å²) >= 11 is 6.12. The van der Waals surface area contributed by atoms with E-state index in [1.165, 1.54) is 0 Å². The molecule has 126 valence electrons. The lowest BCUT2D eigenvalue weighted by Gasteiger charge is -2.14. The van der Waals surface area contributed by atoms with Gasteiger partial charge in [-0.1, -0.05) is 48.0 Å². The summed E-state index contributed by atoms with van der Waals surface area (Å²) < 4.78 is 5.35. The topological polar surface area (TPSA) is 50.4 Å². The van der Waals surface area contributed by atoms with Gasteiger partial charge in [-0.05, 0) is 36.4 Å². The lowest BCUT2D eigenvalue weighted by atomic mass is 10.1. The van der Waals surface area contributed by atoms with Crippen molar-refractivity contribution < 1.29 is 9.53 Å². The SMILES string of the molecule is COc1ccccc1Nc1ccccc1C(=O)Nc1ccccc1Cl. The molecular weight excluding hydrogens is 336 g/mol. The van der Waals surface area contributed by atoms with Crippen LogP contribution in [-0.4, -0.2) is 13.0 Å². The van der Waals surface area contributed by atoms with Crippen molar-refractivity contribution in [3.8, 4) is 5.75 Å². The second kappa shape index (κ2) is 7.73. The van der Waals surface area contributed by atoms with Crippen molar-refractivity contribution in [3.05, 3.63) is 83.4 Å². The van der Waals surface area contributed by atoms with Crippen molar-refractivity contribution in [2.75, 3.05) is 17.7 Å². The number of amides is 1. The summed E-state index contributed by atoms with van der Waals surface area (Å²) in [6, 6.07) is 21.9. The Bertz CT molecular complexity index is 896. The van der Waals surface area contributed by atoms with Crippen LogP contribution in [0.2, 0.25) is 5.02 Å². The maximum absolute atomic E-state index is 12.7. The molecule has 4 nitrogen and oxygen atoms in total. The standard InChI is InChI=1S/C20H17ClN2O2/c1-25-19-13-7-6-12-18(19)22-16-10-4-2-8-14(16)20(24)23-17-11-5-3-9-15(17)21/h2-13,22H,1H3,(H,23,24). The molecule has 5 heteroatoms. The summed E-state index contributed by atoms with van der Waals surface area (Å²) in [5.41, 5.74) is 2.54. The van der Waals surface area contributed by atoms with Gasteiger partial charge in [0.2, 0.25) is 0 Å². The predicted molar refractivity (Wildman–Crippen MR) is 102 cm³/mol. The fourth-order valence-electron chi connectivity index (χ4n) is 2.44. The number of methoxy groups -OCH3 is 1. The van der Waals surface area contributed by atoms with Crippen LogP contribution in [0, 0.1) is 0 Å². The Labute approximate surface area is 151 Å². The first-order valence-corrected chi connectivity index (χ1v) is 8.12. The highest BCUT2D eigenvalue weighted by atomic mass is 35.5. The number of carbonyl (C=O) groups is 1. The van der Waals surface area contributed by atoms with Gasteiger partial charge in [-0.2, -0.15) is 0 Å². The first-order valence-electron chi connectivity index (χ1n) is 7.74. The number of anilines is 3. The molecular formula is C20H17ClN2O2. The number of hydrogen-bond donors (Lipinski definition) is 2. The summed E-state index contributed by atoms with van der Waals surface area (Å²) in [4.78, 5) is 12.7. The van der Waals surface area contributed by atoms with Crippen LogP contribution >= 0.6 is 11.6 Å². The van der Waals surface area contributed by atoms with Gasteiger partial charge in [0.25, 0.3) is 5.91 Å². The minimum absolute atomic E-state index is 0.244. The lowest BCUT2D eigenvalue weighted by molar-refractivity contribution is 0.102. The molecule has 0 saturated carbocycles. The van der Waals surface area contributed by atoms with Crippen molar-refractivity contribution >= 4 is 34.6 Å². The van der Waals surface area contributed by atoms with Gasteiger partial charge in [0.15, 0.2) is 0 Å². The molecule has 0 aliphatic rings. The summed E-state index contributed by atoms with van der Waals surface area (Å²) in [7, 11) is 1.61. The summed E-state index contributed by atoms with van der Waals surface area (Å²) in [6.45, 7) is 0. The van der Waals surface area contributed by atoms with E-state index in [1.807, 2.05) is 54.6 Å². The third-order valence-corrected chi connectivity index (χ3v) is 4.00. The second-order valence-electron chi connectivity index (χ2n) is 5.30. The largest absolute Gasteiger partial charge is 0.495 e. The van der Waals surface area contributed by atoms with Gasteiger partial charge in [0.05, 0.1) is 34.8 Å². The van der Waals surface area contributed by atoms with Gasteiger partial charge in [-0.25, -0.2) is 0 Å². The van der Waals surface area contributed by atoms with E-state index in [2.05, 4.69) is 10.6 Å². The van der Waals surface area contributed by atoms with Crippen LogP contribution in [0.4, 0.5) is 17.1 Å². The molecule has 0 saturated heterocycles. The van der Waals surface area contributed by atoms with E-state index in [0.717, 1.165) is 5.69 Å². The number of hydrogen-bond acceptors (Lipinski definition) is 3. The Morgan fingerprint density at radius 1 is 0.840 bits per heavy atom. The number of carbonyl (C=O) groups excluding carboxylic acids is 1. The molecule has 2 N–H and O–H groups in total. The van der Waals surface area contributed by atoms with Crippen molar-refractivity contribution in [2.45, 2.75) is 0 Å². The number of nitrogens with one attached hydrogen (secondary N) is 2. The van der Waals surface area contributed by atoms with Gasteiger partial charge in [-0.15, -0.1) is 0 Å². The summed E-state index contributed by atoms with van der Waals surface area (Å²) in [5, 5.41) is 6.59. The molecule has 0 heterocycles. The molecule has 3 aromatic rings. The Morgan fingerprint density at radius 2 is 1.44 bits per heavy atom. The van der Waals surface area contributed by atoms with E-state index >= 15 is 0 Å². The summed E-state index contributed by atoms with van der Waals surface area (Å²) in [6.07, 6.45) is 0. The summed E-state index contributed by atoms with van der Waals surface area (Å²) in [5.74, 6) is 0.454. The zero-order valence-corrected chi connectivity index (χ0v) is 14.4. The number of rotatable bonds is 5. The highest BCUT2D eigenvalue weighted by molar-refractivity contribution is 6.34. The van der Waals surface area contributed by atoms with E-state index < -0.39 is 0 Å². The second-order valence-corrected chi connectivity index (χ2v) is 5.71. The quantitative estimate of drug-likeness (QED) is 0.651. The van der Waals surface area contributed by atoms with Crippen LogP contribution in [-0.2, 0) is 0 Å². The van der Waals surface area contributed by atoms with E-state index in [-0.39, 0.29) is 5.91 Å². The Balaban J connectivity index is 1.88. The number of benzene rings is 3. The van der Waals surface area contributed by atoms with Crippen LogP contribution in [0.3, 0.4) is 0 Å². The monoisotopic (exact) mass is 352 g/mol. The number of halogens is 1. The first-order chi connectivity index (χ1) is 12.2. The molecule has 0 bridgehead atoms. The van der Waals surface area contributed by atoms with E-state index in [0.29, 0.717) is 27.7 Å². The zero-order valence-electron chi connectivity index (χ0n) is 13.6. The van der Waals surface area contributed by atoms with Crippen molar-refractivity contribution in [2.24, 2.45) is 0 Å². The number of ether oxygens (including phenoxy) is 1. The third kappa shape index (κ3) is 3.92. The average Bonchev–Trinajstić information content (AvgIpc) is 2.64. The van der Waals surface area contributed by atoms with E-state index in [4.69, 9.17) is 16.3 Å². The van der Waals surface area contributed by atoms with Gasteiger partial charge in [0, 0.05) is 0 Å². The molecule has 3 aromatic carbocycles. The molecule has 0 aromatic heterocycles. The minimum atomic E-state index is -0.244. The van der Waals surface area contributed by atoms with E-state index in [1.54, 1.807) is 25.3 Å². The molecule has 0 unspecified atom stereocenters. The normalized spacial score (nSPS) is 10.2. The minimum Gasteiger partial charge on any atom is -0.495 e. The van der Waals surface area contributed by atoms with Crippen LogP contribution < -0.4 is 15.4 Å². The van der Waals surface area contributed by atoms with Gasteiger partial charge in [-0.3, -0.25) is 4.79 Å². The third-order valence-electron chi connectivity index (χ3n) is 3.67. The van der Waals surface area contributed by atoms with Crippen LogP contribution in [0.5, 0.6) is 5.75 Å². The smallest absolute Gasteiger partial charge is 0.257 e. The van der Waals surface area contributed by atoms with Crippen LogP contribution in [0.15, 0.2) is 72.8 Å². The lowest BCUT2D eigenvalue weighted by Crippen LogP contribution is -2.14. The maximum Gasteiger partial charge on any atom is 0.257 e. The van der Waals surface area contributed by atoms with Gasteiger partial charge in [0.1, 0.15) is 5.75 Å². The van der Waals surface area contributed by atoms with Crippen molar-refractivity contribution in [1.82, 2.24) is 0 Å². The molecule has 0 atom stereocenters. The molecule has 0 radical (unpaired) electrons. The number of para-hydroxylation sites is 4. The molecule has 25 heavy (non-hydrogen) atoms. The first kappa shape index (κ1) is 16.9. The molecule has 0 fully saturated rings. The van der Waals surface area contributed by atoms with Crippen LogP contribution in [0.1, 0.15) is 10.4 Å². The molecule has 0 aliphatic heterocycles. The Kier molecular flexibility index (Phi) is 5.21. The average molecular weight is 353 g/mol. The zero-order chi connectivity index (χ0) is 17.6.